The number of hydrogen-bond donors (Lipinski definition) is 0. The maximum absolute atomic E-state index is 12.8. The maximum atomic E-state index is 12.8. The molecule has 7 heteroatoms. The van der Waals surface area contributed by atoms with Crippen molar-refractivity contribution in [2.24, 2.45) is 0 Å². The molecule has 3 fully saturated rings. The predicted octanol–water partition coefficient (Wildman–Crippen LogP) is 0.843. The van der Waals surface area contributed by atoms with Crippen LogP contribution < -0.4 is 4.90 Å². The van der Waals surface area contributed by atoms with Gasteiger partial charge in [-0.1, -0.05) is 18.2 Å². The molecule has 0 bridgehead atoms. The number of anilines is 1. The third-order valence-corrected chi connectivity index (χ3v) is 5.13. The Kier molecular flexibility index (Phi) is 3.53. The number of imide groups is 1. The molecule has 24 heavy (non-hydrogen) atoms. The predicted molar refractivity (Wildman–Crippen MR) is 85.4 cm³/mol. The average molecular weight is 329 g/mol. The van der Waals surface area contributed by atoms with Gasteiger partial charge in [-0.05, 0) is 18.6 Å². The number of rotatable bonds is 3. The van der Waals surface area contributed by atoms with Gasteiger partial charge in [0.25, 0.3) is 5.91 Å². The molecule has 3 aliphatic rings. The molecule has 1 aromatic carbocycles. The summed E-state index contributed by atoms with van der Waals surface area (Å²) in [6.45, 7) is 0.918. The molecular weight excluding hydrogens is 310 g/mol. The van der Waals surface area contributed by atoms with Crippen LogP contribution in [-0.4, -0.2) is 66.0 Å². The van der Waals surface area contributed by atoms with Gasteiger partial charge < -0.3 is 14.5 Å². The van der Waals surface area contributed by atoms with Crippen LogP contribution in [0.2, 0.25) is 0 Å². The fraction of sp³-hybridized carbons (Fsp3) is 0.471. The van der Waals surface area contributed by atoms with Crippen LogP contribution >= 0.6 is 0 Å². The Morgan fingerprint density at radius 2 is 1.79 bits per heavy atom. The van der Waals surface area contributed by atoms with Crippen molar-refractivity contribution in [3.63, 3.8) is 0 Å². The van der Waals surface area contributed by atoms with Crippen molar-refractivity contribution in [3.05, 3.63) is 30.3 Å². The summed E-state index contributed by atoms with van der Waals surface area (Å²) in [5.74, 6) is -0.458. The van der Waals surface area contributed by atoms with E-state index in [-0.39, 0.29) is 23.9 Å². The molecule has 0 aromatic heterocycles. The lowest BCUT2D eigenvalue weighted by Crippen LogP contribution is -2.47. The van der Waals surface area contributed by atoms with Gasteiger partial charge in [0.15, 0.2) is 0 Å². The van der Waals surface area contributed by atoms with E-state index in [1.807, 2.05) is 30.3 Å². The number of benzene rings is 1. The molecule has 3 saturated heterocycles. The van der Waals surface area contributed by atoms with Gasteiger partial charge in [-0.2, -0.15) is 0 Å². The summed E-state index contributed by atoms with van der Waals surface area (Å²) < 4.78 is 5.26. The summed E-state index contributed by atoms with van der Waals surface area (Å²) in [7, 11) is 1.58. The van der Waals surface area contributed by atoms with Crippen LogP contribution in [0.4, 0.5) is 10.5 Å². The van der Waals surface area contributed by atoms with Crippen molar-refractivity contribution in [3.8, 4) is 0 Å². The van der Waals surface area contributed by atoms with Crippen LogP contribution in [0.25, 0.3) is 0 Å². The Hall–Kier alpha value is -2.41. The number of carbonyl (C=O) groups excluding carboxylic acids is 3. The molecule has 0 unspecified atom stereocenters. The largest absolute Gasteiger partial charge is 0.380 e. The molecular formula is C17H19N3O4. The van der Waals surface area contributed by atoms with Crippen LogP contribution in [0.5, 0.6) is 0 Å². The van der Waals surface area contributed by atoms with Gasteiger partial charge in [-0.25, -0.2) is 9.69 Å². The van der Waals surface area contributed by atoms with E-state index in [1.54, 1.807) is 12.0 Å². The maximum Gasteiger partial charge on any atom is 0.328 e. The van der Waals surface area contributed by atoms with Gasteiger partial charge in [-0.15, -0.1) is 0 Å². The van der Waals surface area contributed by atoms with Gasteiger partial charge >= 0.3 is 6.03 Å². The summed E-state index contributed by atoms with van der Waals surface area (Å²) in [6, 6.07) is 7.78. The summed E-state index contributed by atoms with van der Waals surface area (Å²) >= 11 is 0. The highest BCUT2D eigenvalue weighted by Gasteiger charge is 2.55. The number of methoxy groups -OCH3 is 1. The fourth-order valence-electron chi connectivity index (χ4n) is 3.86. The highest BCUT2D eigenvalue weighted by atomic mass is 16.5. The second-order valence-corrected chi connectivity index (χ2v) is 6.38. The monoisotopic (exact) mass is 329 g/mol. The molecule has 126 valence electrons. The van der Waals surface area contributed by atoms with E-state index >= 15 is 0 Å². The van der Waals surface area contributed by atoms with Crippen molar-refractivity contribution >= 4 is 23.5 Å². The first kappa shape index (κ1) is 15.1. The molecule has 0 N–H and O–H groups in total. The smallest absolute Gasteiger partial charge is 0.328 e. The number of nitrogens with zero attached hydrogens (tertiary/aromatic N) is 3. The van der Waals surface area contributed by atoms with E-state index < -0.39 is 12.1 Å². The van der Waals surface area contributed by atoms with E-state index in [2.05, 4.69) is 0 Å². The molecule has 0 aliphatic carbocycles. The zero-order valence-electron chi connectivity index (χ0n) is 13.4. The summed E-state index contributed by atoms with van der Waals surface area (Å²) in [6.07, 6.45) is 0.866. The zero-order valence-corrected chi connectivity index (χ0v) is 13.4. The second-order valence-electron chi connectivity index (χ2n) is 6.38. The SMILES string of the molecule is CO[C@@H]1C[C@H]2C(=O)N([C@H]3CCN(c4ccccc4)C3=O)C(=O)N2C1. The number of ether oxygens (including phenoxy) is 1. The highest BCUT2D eigenvalue weighted by Crippen LogP contribution is 2.33. The number of amides is 4. The average Bonchev–Trinajstić information content (AvgIpc) is 3.25. The minimum absolute atomic E-state index is 0.106. The first-order chi connectivity index (χ1) is 11.6. The van der Waals surface area contributed by atoms with Crippen LogP contribution in [0, 0.1) is 0 Å². The summed E-state index contributed by atoms with van der Waals surface area (Å²) in [5, 5.41) is 0. The highest BCUT2D eigenvalue weighted by molar-refractivity contribution is 6.11. The summed E-state index contributed by atoms with van der Waals surface area (Å²) in [5.41, 5.74) is 0.795. The number of hydrogen-bond acceptors (Lipinski definition) is 4. The first-order valence-electron chi connectivity index (χ1n) is 8.14. The Morgan fingerprint density at radius 1 is 1.04 bits per heavy atom. The third kappa shape index (κ3) is 2.11. The first-order valence-corrected chi connectivity index (χ1v) is 8.14. The van der Waals surface area contributed by atoms with Crippen LogP contribution in [-0.2, 0) is 14.3 Å². The third-order valence-electron chi connectivity index (χ3n) is 5.13. The molecule has 0 saturated carbocycles. The Morgan fingerprint density at radius 3 is 2.46 bits per heavy atom. The topological polar surface area (TPSA) is 70.2 Å². The minimum atomic E-state index is -0.697. The van der Waals surface area contributed by atoms with Gasteiger partial charge in [0, 0.05) is 32.3 Å². The second kappa shape index (κ2) is 5.59. The van der Waals surface area contributed by atoms with Crippen LogP contribution in [0.1, 0.15) is 12.8 Å². The standard InChI is InChI=1S/C17H19N3O4/c1-24-12-9-14-16(22)20(17(23)19(14)10-12)13-7-8-18(15(13)21)11-5-3-2-4-6-11/h2-6,12-14H,7-10H2,1H3/t12-,13+,14+/m1/s1. The molecule has 0 spiro atoms. The molecule has 0 radical (unpaired) electrons. The Balaban J connectivity index is 1.54. The number of para-hydroxylation sites is 1. The normalized spacial score (nSPS) is 29.8. The van der Waals surface area contributed by atoms with E-state index in [9.17, 15) is 14.4 Å². The molecule has 3 heterocycles. The quantitative estimate of drug-likeness (QED) is 0.771. The van der Waals surface area contributed by atoms with Crippen molar-refractivity contribution in [2.75, 3.05) is 25.1 Å². The summed E-state index contributed by atoms with van der Waals surface area (Å²) in [4.78, 5) is 42.4. The molecule has 4 rings (SSSR count). The van der Waals surface area contributed by atoms with Crippen LogP contribution in [0.3, 0.4) is 0 Å². The van der Waals surface area contributed by atoms with Gasteiger partial charge in [0.05, 0.1) is 6.10 Å². The van der Waals surface area contributed by atoms with Gasteiger partial charge in [0.1, 0.15) is 12.1 Å². The molecule has 3 atom stereocenters. The van der Waals surface area contributed by atoms with Crippen molar-refractivity contribution < 1.29 is 19.1 Å². The van der Waals surface area contributed by atoms with E-state index in [0.29, 0.717) is 25.9 Å². The van der Waals surface area contributed by atoms with E-state index in [1.165, 1.54) is 9.80 Å². The van der Waals surface area contributed by atoms with Crippen LogP contribution in [0.15, 0.2) is 30.3 Å². The Bertz CT molecular complexity index is 668. The van der Waals surface area contributed by atoms with E-state index in [4.69, 9.17) is 4.74 Å². The lowest BCUT2D eigenvalue weighted by molar-refractivity contribution is -0.134. The van der Waals surface area contributed by atoms with Crippen molar-refractivity contribution in [1.29, 1.82) is 0 Å². The number of fused-ring (bicyclic) bond motifs is 1. The van der Waals surface area contributed by atoms with E-state index in [0.717, 1.165) is 5.69 Å². The lowest BCUT2D eigenvalue weighted by atomic mass is 10.1. The molecule has 3 aliphatic heterocycles. The van der Waals surface area contributed by atoms with Gasteiger partial charge in [0.2, 0.25) is 5.91 Å². The molecule has 1 aromatic rings. The van der Waals surface area contributed by atoms with Crippen molar-refractivity contribution in [1.82, 2.24) is 9.80 Å². The molecule has 7 nitrogen and oxygen atoms in total. The fourth-order valence-corrected chi connectivity index (χ4v) is 3.86. The zero-order chi connectivity index (χ0) is 16.8. The molecule has 4 amide bonds. The Labute approximate surface area is 139 Å². The number of urea groups is 1. The number of carbonyl (C=O) groups is 3. The van der Waals surface area contributed by atoms with Crippen molar-refractivity contribution in [2.45, 2.75) is 31.0 Å². The van der Waals surface area contributed by atoms with Gasteiger partial charge in [-0.3, -0.25) is 9.59 Å². The lowest BCUT2D eigenvalue weighted by Gasteiger charge is -2.23. The minimum Gasteiger partial charge on any atom is -0.380 e.